The van der Waals surface area contributed by atoms with Gasteiger partial charge in [-0.15, -0.1) is 11.3 Å². The average molecular weight is 320 g/mol. The van der Waals surface area contributed by atoms with Gasteiger partial charge in [-0.05, 0) is 40.2 Å². The number of rotatable bonds is 6. The second-order valence-corrected chi connectivity index (χ2v) is 6.86. The molecule has 0 saturated carbocycles. The van der Waals surface area contributed by atoms with E-state index in [1.54, 1.807) is 11.3 Å². The summed E-state index contributed by atoms with van der Waals surface area (Å²) in [6.45, 7) is 10.7. The first kappa shape index (κ1) is 16.7. The molecule has 0 spiro atoms. The smallest absolute Gasteiger partial charge is 0.222 e. The zero-order valence-electron chi connectivity index (χ0n) is 13.9. The van der Waals surface area contributed by atoms with Crippen molar-refractivity contribution in [3.8, 4) is 0 Å². The highest BCUT2D eigenvalue weighted by Gasteiger charge is 2.17. The minimum atomic E-state index is 0.00496. The predicted octanol–water partition coefficient (Wildman–Crippen LogP) is 3.23. The molecular formula is C16H24N4OS. The van der Waals surface area contributed by atoms with Crippen LogP contribution in [0.15, 0.2) is 6.07 Å². The number of thiazole rings is 1. The number of carbonyl (C=O) groups is 1. The van der Waals surface area contributed by atoms with Crippen LogP contribution in [-0.4, -0.2) is 20.7 Å². The first-order chi connectivity index (χ1) is 10.4. The summed E-state index contributed by atoms with van der Waals surface area (Å²) < 4.78 is 1.88. The van der Waals surface area contributed by atoms with Crippen LogP contribution < -0.4 is 5.32 Å². The third kappa shape index (κ3) is 3.94. The largest absolute Gasteiger partial charge is 0.347 e. The number of hydrogen-bond donors (Lipinski definition) is 1. The quantitative estimate of drug-likeness (QED) is 0.889. The Hall–Kier alpha value is -1.69. The summed E-state index contributed by atoms with van der Waals surface area (Å²) in [5.41, 5.74) is 3.12. The predicted molar refractivity (Wildman–Crippen MR) is 89.1 cm³/mol. The molecule has 0 aromatic carbocycles. The molecule has 5 nitrogen and oxygen atoms in total. The molecule has 0 aliphatic heterocycles. The van der Waals surface area contributed by atoms with Gasteiger partial charge in [0.2, 0.25) is 5.91 Å². The fraction of sp³-hybridized carbons (Fsp3) is 0.562. The third-order valence-corrected chi connectivity index (χ3v) is 4.93. The minimum absolute atomic E-state index is 0.00496. The van der Waals surface area contributed by atoms with Gasteiger partial charge in [-0.2, -0.15) is 5.10 Å². The highest BCUT2D eigenvalue weighted by molar-refractivity contribution is 7.11. The molecule has 120 valence electrons. The lowest BCUT2D eigenvalue weighted by atomic mass is 10.2. The number of carbonyl (C=O) groups excluding carboxylic acids is 1. The molecule has 0 fully saturated rings. The molecular weight excluding hydrogens is 296 g/mol. The van der Waals surface area contributed by atoms with Crippen LogP contribution in [0, 0.1) is 27.7 Å². The van der Waals surface area contributed by atoms with E-state index < -0.39 is 0 Å². The van der Waals surface area contributed by atoms with E-state index in [0.29, 0.717) is 13.0 Å². The zero-order chi connectivity index (χ0) is 16.3. The third-order valence-electron chi connectivity index (χ3n) is 3.74. The minimum Gasteiger partial charge on any atom is -0.347 e. The van der Waals surface area contributed by atoms with Crippen LogP contribution in [0.25, 0.3) is 0 Å². The van der Waals surface area contributed by atoms with Gasteiger partial charge in [0.1, 0.15) is 5.01 Å². The summed E-state index contributed by atoms with van der Waals surface area (Å²) in [7, 11) is 0. The van der Waals surface area contributed by atoms with E-state index >= 15 is 0 Å². The molecule has 6 heteroatoms. The van der Waals surface area contributed by atoms with Gasteiger partial charge in [0.05, 0.1) is 17.4 Å². The van der Waals surface area contributed by atoms with Gasteiger partial charge < -0.3 is 5.32 Å². The van der Waals surface area contributed by atoms with Gasteiger partial charge in [-0.1, -0.05) is 6.92 Å². The van der Waals surface area contributed by atoms with Crippen molar-refractivity contribution in [1.29, 1.82) is 0 Å². The molecule has 0 bridgehead atoms. The Balaban J connectivity index is 1.93. The topological polar surface area (TPSA) is 59.8 Å². The Labute approximate surface area is 135 Å². The van der Waals surface area contributed by atoms with Crippen LogP contribution in [0.1, 0.15) is 52.8 Å². The molecule has 2 rings (SSSR count). The number of aryl methyl sites for hydroxylation is 5. The number of nitrogens with one attached hydrogen (secondary N) is 1. The van der Waals surface area contributed by atoms with E-state index in [-0.39, 0.29) is 11.9 Å². The van der Waals surface area contributed by atoms with Crippen LogP contribution in [0.3, 0.4) is 0 Å². The molecule has 1 unspecified atom stereocenters. The number of amides is 1. The van der Waals surface area contributed by atoms with Gasteiger partial charge in [-0.3, -0.25) is 9.48 Å². The summed E-state index contributed by atoms with van der Waals surface area (Å²) in [5, 5.41) is 8.47. The van der Waals surface area contributed by atoms with Crippen molar-refractivity contribution in [3.63, 3.8) is 0 Å². The van der Waals surface area contributed by atoms with Crippen molar-refractivity contribution in [2.24, 2.45) is 0 Å². The standard InChI is InChI=1S/C16H24N4OS/c1-6-14(16-17-12(4)13(5)22-16)18-15(21)7-8-20-11(3)9-10(2)19-20/h9,14H,6-8H2,1-5H3,(H,18,21). The summed E-state index contributed by atoms with van der Waals surface area (Å²) in [6, 6.07) is 2.03. The van der Waals surface area contributed by atoms with Crippen molar-refractivity contribution in [2.75, 3.05) is 0 Å². The Morgan fingerprint density at radius 3 is 2.59 bits per heavy atom. The lowest BCUT2D eigenvalue weighted by molar-refractivity contribution is -0.122. The molecule has 1 N–H and O–H groups in total. The fourth-order valence-corrected chi connectivity index (χ4v) is 3.42. The second-order valence-electron chi connectivity index (χ2n) is 5.62. The van der Waals surface area contributed by atoms with Gasteiger partial charge in [0.25, 0.3) is 0 Å². The van der Waals surface area contributed by atoms with Crippen LogP contribution in [0.4, 0.5) is 0 Å². The maximum Gasteiger partial charge on any atom is 0.222 e. The molecule has 2 heterocycles. The zero-order valence-corrected chi connectivity index (χ0v) is 14.8. The van der Waals surface area contributed by atoms with Crippen molar-refractivity contribution in [2.45, 2.75) is 60.0 Å². The van der Waals surface area contributed by atoms with Crippen molar-refractivity contribution in [1.82, 2.24) is 20.1 Å². The van der Waals surface area contributed by atoms with Gasteiger partial charge >= 0.3 is 0 Å². The van der Waals surface area contributed by atoms with E-state index in [1.165, 1.54) is 4.88 Å². The summed E-state index contributed by atoms with van der Waals surface area (Å²) >= 11 is 1.67. The van der Waals surface area contributed by atoms with Crippen molar-refractivity contribution in [3.05, 3.63) is 33.0 Å². The van der Waals surface area contributed by atoms with E-state index in [9.17, 15) is 4.79 Å². The first-order valence-corrected chi connectivity index (χ1v) is 8.46. The lowest BCUT2D eigenvalue weighted by Crippen LogP contribution is -2.29. The molecule has 0 radical (unpaired) electrons. The van der Waals surface area contributed by atoms with E-state index in [1.807, 2.05) is 31.5 Å². The lowest BCUT2D eigenvalue weighted by Gasteiger charge is -2.14. The molecule has 1 amide bonds. The Kier molecular flexibility index (Phi) is 5.34. The summed E-state index contributed by atoms with van der Waals surface area (Å²) in [6.07, 6.45) is 1.28. The van der Waals surface area contributed by atoms with Crippen LogP contribution in [0.5, 0.6) is 0 Å². The molecule has 2 aromatic heterocycles. The number of hydrogen-bond acceptors (Lipinski definition) is 4. The van der Waals surface area contributed by atoms with Gasteiger partial charge in [0, 0.05) is 23.5 Å². The monoisotopic (exact) mass is 320 g/mol. The maximum absolute atomic E-state index is 12.2. The molecule has 1 atom stereocenters. The maximum atomic E-state index is 12.2. The number of nitrogens with zero attached hydrogens (tertiary/aromatic N) is 3. The Morgan fingerprint density at radius 1 is 1.36 bits per heavy atom. The van der Waals surface area contributed by atoms with E-state index in [0.717, 1.165) is 28.5 Å². The summed E-state index contributed by atoms with van der Waals surface area (Å²) in [5.74, 6) is 0.0462. The fourth-order valence-electron chi connectivity index (χ4n) is 2.36. The highest BCUT2D eigenvalue weighted by Crippen LogP contribution is 2.24. The van der Waals surface area contributed by atoms with Gasteiger partial charge in [0.15, 0.2) is 0 Å². The van der Waals surface area contributed by atoms with Crippen molar-refractivity contribution < 1.29 is 4.79 Å². The average Bonchev–Trinajstić information content (AvgIpc) is 2.96. The molecule has 0 saturated heterocycles. The highest BCUT2D eigenvalue weighted by atomic mass is 32.1. The molecule has 2 aromatic rings. The molecule has 0 aliphatic carbocycles. The Morgan fingerprint density at radius 2 is 2.09 bits per heavy atom. The molecule has 22 heavy (non-hydrogen) atoms. The number of aromatic nitrogens is 3. The van der Waals surface area contributed by atoms with Gasteiger partial charge in [-0.25, -0.2) is 4.98 Å². The summed E-state index contributed by atoms with van der Waals surface area (Å²) in [4.78, 5) is 18.0. The van der Waals surface area contributed by atoms with Crippen molar-refractivity contribution >= 4 is 17.2 Å². The van der Waals surface area contributed by atoms with Crippen LogP contribution >= 0.6 is 11.3 Å². The first-order valence-electron chi connectivity index (χ1n) is 7.65. The normalized spacial score (nSPS) is 12.4. The van der Waals surface area contributed by atoms with E-state index in [2.05, 4.69) is 29.2 Å². The Bertz CT molecular complexity index is 640. The molecule has 0 aliphatic rings. The SMILES string of the molecule is CCC(NC(=O)CCn1nc(C)cc1C)c1nc(C)c(C)s1. The second kappa shape index (κ2) is 7.05. The van der Waals surface area contributed by atoms with Crippen LogP contribution in [-0.2, 0) is 11.3 Å². The van der Waals surface area contributed by atoms with E-state index in [4.69, 9.17) is 0 Å². The van der Waals surface area contributed by atoms with Crippen LogP contribution in [0.2, 0.25) is 0 Å².